The number of guanidine groups is 1. The first-order chi connectivity index (χ1) is 10.4. The number of hydrogen-bond acceptors (Lipinski definition) is 2. The highest BCUT2D eigenvalue weighted by atomic mass is 35.5. The molecule has 0 bridgehead atoms. The standard InChI is InChI=1S/C16H25ClN4O/c1-5-18-16(20-11(2)3)19-9-8-15(22)21-14-7-6-12(4)10-13(14)17/h6-7,10-11H,5,8-9H2,1-4H3,(H,21,22)(H2,18,19,20). The maximum absolute atomic E-state index is 11.9. The first kappa shape index (κ1) is 18.3. The maximum Gasteiger partial charge on any atom is 0.226 e. The van der Waals surface area contributed by atoms with Gasteiger partial charge in [0.05, 0.1) is 17.3 Å². The summed E-state index contributed by atoms with van der Waals surface area (Å²) in [6.45, 7) is 9.23. The quantitative estimate of drug-likeness (QED) is 0.557. The molecule has 0 aliphatic heterocycles. The van der Waals surface area contributed by atoms with Crippen molar-refractivity contribution in [3.05, 3.63) is 28.8 Å². The zero-order chi connectivity index (χ0) is 16.5. The van der Waals surface area contributed by atoms with Gasteiger partial charge in [0.2, 0.25) is 5.91 Å². The van der Waals surface area contributed by atoms with Crippen LogP contribution in [0.15, 0.2) is 23.2 Å². The Morgan fingerprint density at radius 2 is 2.09 bits per heavy atom. The zero-order valence-electron chi connectivity index (χ0n) is 13.7. The number of amides is 1. The van der Waals surface area contributed by atoms with E-state index in [-0.39, 0.29) is 11.9 Å². The average Bonchev–Trinajstić information content (AvgIpc) is 2.41. The van der Waals surface area contributed by atoms with Gasteiger partial charge in [-0.3, -0.25) is 9.79 Å². The number of hydrogen-bond donors (Lipinski definition) is 3. The first-order valence-corrected chi connectivity index (χ1v) is 7.91. The van der Waals surface area contributed by atoms with Crippen molar-refractivity contribution in [3.63, 3.8) is 0 Å². The fourth-order valence-corrected chi connectivity index (χ4v) is 2.08. The van der Waals surface area contributed by atoms with Crippen LogP contribution in [0.4, 0.5) is 5.69 Å². The predicted octanol–water partition coefficient (Wildman–Crippen LogP) is 2.94. The van der Waals surface area contributed by atoms with Crippen molar-refractivity contribution in [2.45, 2.75) is 40.2 Å². The summed E-state index contributed by atoms with van der Waals surface area (Å²) in [7, 11) is 0. The molecule has 0 fully saturated rings. The van der Waals surface area contributed by atoms with E-state index in [0.717, 1.165) is 18.1 Å². The van der Waals surface area contributed by atoms with Gasteiger partial charge < -0.3 is 16.0 Å². The summed E-state index contributed by atoms with van der Waals surface area (Å²) in [4.78, 5) is 16.3. The third-order valence-electron chi connectivity index (χ3n) is 2.78. The Balaban J connectivity index is 2.50. The maximum atomic E-state index is 11.9. The molecular formula is C16H25ClN4O. The molecular weight excluding hydrogens is 300 g/mol. The van der Waals surface area contributed by atoms with Crippen molar-refractivity contribution < 1.29 is 4.79 Å². The van der Waals surface area contributed by atoms with E-state index >= 15 is 0 Å². The lowest BCUT2D eigenvalue weighted by atomic mass is 10.2. The van der Waals surface area contributed by atoms with Crippen LogP contribution in [0.2, 0.25) is 5.02 Å². The van der Waals surface area contributed by atoms with Crippen molar-refractivity contribution in [3.8, 4) is 0 Å². The molecule has 0 aliphatic rings. The third-order valence-corrected chi connectivity index (χ3v) is 3.09. The summed E-state index contributed by atoms with van der Waals surface area (Å²) in [6.07, 6.45) is 0.304. The summed E-state index contributed by atoms with van der Waals surface area (Å²) in [6, 6.07) is 5.84. The minimum atomic E-state index is -0.102. The van der Waals surface area contributed by atoms with Crippen LogP contribution in [-0.2, 0) is 4.79 Å². The molecule has 0 radical (unpaired) electrons. The van der Waals surface area contributed by atoms with E-state index in [1.807, 2.05) is 45.9 Å². The first-order valence-electron chi connectivity index (χ1n) is 7.53. The number of rotatable bonds is 6. The zero-order valence-corrected chi connectivity index (χ0v) is 14.4. The fourth-order valence-electron chi connectivity index (χ4n) is 1.80. The average molecular weight is 325 g/mol. The largest absolute Gasteiger partial charge is 0.357 e. The van der Waals surface area contributed by atoms with E-state index in [9.17, 15) is 4.79 Å². The Hall–Kier alpha value is -1.75. The Morgan fingerprint density at radius 1 is 1.36 bits per heavy atom. The second-order valence-electron chi connectivity index (χ2n) is 5.34. The van der Waals surface area contributed by atoms with Crippen LogP contribution in [0.1, 0.15) is 32.8 Å². The molecule has 0 heterocycles. The summed E-state index contributed by atoms with van der Waals surface area (Å²) in [5.41, 5.74) is 1.69. The van der Waals surface area contributed by atoms with Gasteiger partial charge in [-0.05, 0) is 45.4 Å². The van der Waals surface area contributed by atoms with Gasteiger partial charge in [0.15, 0.2) is 5.96 Å². The Labute approximate surface area is 137 Å². The fraction of sp³-hybridized carbons (Fsp3) is 0.500. The minimum Gasteiger partial charge on any atom is -0.357 e. The number of nitrogens with zero attached hydrogens (tertiary/aromatic N) is 1. The molecule has 122 valence electrons. The smallest absolute Gasteiger partial charge is 0.226 e. The number of halogens is 1. The molecule has 0 atom stereocenters. The van der Waals surface area contributed by atoms with Crippen molar-refractivity contribution >= 4 is 29.2 Å². The van der Waals surface area contributed by atoms with E-state index in [0.29, 0.717) is 23.7 Å². The van der Waals surface area contributed by atoms with E-state index in [2.05, 4.69) is 20.9 Å². The highest BCUT2D eigenvalue weighted by Crippen LogP contribution is 2.22. The molecule has 0 aromatic heterocycles. The molecule has 0 unspecified atom stereocenters. The number of benzene rings is 1. The van der Waals surface area contributed by atoms with E-state index in [1.54, 1.807) is 0 Å². The number of nitrogens with one attached hydrogen (secondary N) is 3. The molecule has 1 aromatic carbocycles. The molecule has 5 nitrogen and oxygen atoms in total. The highest BCUT2D eigenvalue weighted by molar-refractivity contribution is 6.33. The van der Waals surface area contributed by atoms with Gasteiger partial charge in [0.25, 0.3) is 0 Å². The van der Waals surface area contributed by atoms with Gasteiger partial charge in [-0.1, -0.05) is 17.7 Å². The van der Waals surface area contributed by atoms with Crippen LogP contribution in [0, 0.1) is 6.92 Å². The van der Waals surface area contributed by atoms with Crippen molar-refractivity contribution in [2.75, 3.05) is 18.4 Å². The highest BCUT2D eigenvalue weighted by Gasteiger charge is 2.06. The van der Waals surface area contributed by atoms with Gasteiger partial charge in [0, 0.05) is 19.0 Å². The number of anilines is 1. The van der Waals surface area contributed by atoms with E-state index in [4.69, 9.17) is 11.6 Å². The lowest BCUT2D eigenvalue weighted by molar-refractivity contribution is -0.116. The number of carbonyl (C=O) groups is 1. The lowest BCUT2D eigenvalue weighted by Gasteiger charge is -2.13. The molecule has 0 saturated carbocycles. The summed E-state index contributed by atoms with van der Waals surface area (Å²) < 4.78 is 0. The number of aryl methyl sites for hydroxylation is 1. The summed E-state index contributed by atoms with van der Waals surface area (Å²) in [5.74, 6) is 0.619. The monoisotopic (exact) mass is 324 g/mol. The van der Waals surface area contributed by atoms with Gasteiger partial charge >= 0.3 is 0 Å². The molecule has 22 heavy (non-hydrogen) atoms. The molecule has 1 amide bonds. The van der Waals surface area contributed by atoms with E-state index in [1.165, 1.54) is 0 Å². The molecule has 0 spiro atoms. The number of aliphatic imine (C=N–C) groups is 1. The molecule has 0 saturated heterocycles. The van der Waals surface area contributed by atoms with Crippen LogP contribution in [0.5, 0.6) is 0 Å². The number of carbonyl (C=O) groups excluding carboxylic acids is 1. The lowest BCUT2D eigenvalue weighted by Crippen LogP contribution is -2.41. The van der Waals surface area contributed by atoms with Crippen molar-refractivity contribution in [2.24, 2.45) is 4.99 Å². The van der Waals surface area contributed by atoms with Crippen LogP contribution < -0.4 is 16.0 Å². The van der Waals surface area contributed by atoms with Crippen molar-refractivity contribution in [1.82, 2.24) is 10.6 Å². The minimum absolute atomic E-state index is 0.102. The van der Waals surface area contributed by atoms with Crippen LogP contribution in [-0.4, -0.2) is 31.0 Å². The summed E-state index contributed by atoms with van der Waals surface area (Å²) >= 11 is 6.09. The van der Waals surface area contributed by atoms with Crippen molar-refractivity contribution in [1.29, 1.82) is 0 Å². The van der Waals surface area contributed by atoms with E-state index < -0.39 is 0 Å². The molecule has 3 N–H and O–H groups in total. The second-order valence-corrected chi connectivity index (χ2v) is 5.75. The molecule has 6 heteroatoms. The summed E-state index contributed by atoms with van der Waals surface area (Å²) in [5, 5.41) is 9.70. The normalized spacial score (nSPS) is 11.5. The van der Waals surface area contributed by atoms with Gasteiger partial charge in [-0.25, -0.2) is 0 Å². The van der Waals surface area contributed by atoms with Crippen LogP contribution in [0.25, 0.3) is 0 Å². The Kier molecular flexibility index (Phi) is 7.74. The molecule has 1 aromatic rings. The second kappa shape index (κ2) is 9.30. The topological polar surface area (TPSA) is 65.5 Å². The predicted molar refractivity (Wildman–Crippen MR) is 93.7 cm³/mol. The molecule has 1 rings (SSSR count). The Morgan fingerprint density at radius 3 is 2.68 bits per heavy atom. The SMILES string of the molecule is CCNC(=NCCC(=O)Nc1ccc(C)cc1Cl)NC(C)C. The van der Waals surface area contributed by atoms with Crippen LogP contribution >= 0.6 is 11.6 Å². The van der Waals surface area contributed by atoms with Gasteiger partial charge in [-0.15, -0.1) is 0 Å². The van der Waals surface area contributed by atoms with Gasteiger partial charge in [0.1, 0.15) is 0 Å². The van der Waals surface area contributed by atoms with Crippen LogP contribution in [0.3, 0.4) is 0 Å². The van der Waals surface area contributed by atoms with Gasteiger partial charge in [-0.2, -0.15) is 0 Å². The third kappa shape index (κ3) is 6.80. The Bertz CT molecular complexity index is 529. The molecule has 0 aliphatic carbocycles.